The lowest BCUT2D eigenvalue weighted by molar-refractivity contribution is -0.128. The summed E-state index contributed by atoms with van der Waals surface area (Å²) in [6.45, 7) is 2.72. The van der Waals surface area contributed by atoms with Crippen molar-refractivity contribution in [1.29, 1.82) is 5.26 Å². The summed E-state index contributed by atoms with van der Waals surface area (Å²) in [5.41, 5.74) is 0.925. The summed E-state index contributed by atoms with van der Waals surface area (Å²) in [4.78, 5) is 29.5. The lowest BCUT2D eigenvalue weighted by Gasteiger charge is -2.21. The van der Waals surface area contributed by atoms with Crippen molar-refractivity contribution in [3.8, 4) is 6.07 Å². The van der Waals surface area contributed by atoms with Crippen LogP contribution in [0.15, 0.2) is 35.7 Å². The minimum absolute atomic E-state index is 0.0737. The van der Waals surface area contributed by atoms with Gasteiger partial charge < -0.3 is 9.80 Å². The van der Waals surface area contributed by atoms with Crippen molar-refractivity contribution in [3.63, 3.8) is 0 Å². The molecule has 1 fully saturated rings. The monoisotopic (exact) mass is 416 g/mol. The normalized spacial score (nSPS) is 13.4. The topological polar surface area (TPSA) is 86.0 Å². The highest BCUT2D eigenvalue weighted by molar-refractivity contribution is 7.99. The highest BCUT2D eigenvalue weighted by Gasteiger charge is 2.18. The van der Waals surface area contributed by atoms with Gasteiger partial charge in [0.05, 0.1) is 18.2 Å². The molecule has 0 radical (unpaired) electrons. The van der Waals surface area contributed by atoms with Gasteiger partial charge >= 0.3 is 0 Å². The Labute approximate surface area is 173 Å². The first-order chi connectivity index (χ1) is 13.7. The third-order valence-electron chi connectivity index (χ3n) is 4.36. The van der Waals surface area contributed by atoms with Crippen LogP contribution in [0.2, 0.25) is 5.15 Å². The number of halogens is 1. The summed E-state index contributed by atoms with van der Waals surface area (Å²) in [5, 5.41) is 9.76. The van der Waals surface area contributed by atoms with Crippen molar-refractivity contribution in [1.82, 2.24) is 19.9 Å². The number of hydrogen-bond donors (Lipinski definition) is 0. The Hall–Kier alpha value is -2.37. The molecule has 0 saturated carbocycles. The summed E-state index contributed by atoms with van der Waals surface area (Å²) < 4.78 is 0. The molecule has 0 unspecified atom stereocenters. The van der Waals surface area contributed by atoms with Gasteiger partial charge in [0.2, 0.25) is 5.91 Å². The van der Waals surface area contributed by atoms with Gasteiger partial charge in [-0.2, -0.15) is 5.26 Å². The van der Waals surface area contributed by atoms with E-state index in [0.717, 1.165) is 37.3 Å². The molecule has 0 spiro atoms. The second-order valence-electron chi connectivity index (χ2n) is 6.40. The molecule has 1 amide bonds. The van der Waals surface area contributed by atoms with E-state index in [-0.39, 0.29) is 18.1 Å². The van der Waals surface area contributed by atoms with Crippen LogP contribution in [0.25, 0.3) is 0 Å². The molecular weight excluding hydrogens is 396 g/mol. The molecule has 0 bridgehead atoms. The fourth-order valence-corrected chi connectivity index (χ4v) is 3.95. The molecule has 7 nitrogen and oxygen atoms in total. The molecule has 2 aromatic heterocycles. The first-order valence-corrected chi connectivity index (χ1v) is 10.5. The van der Waals surface area contributed by atoms with E-state index in [1.54, 1.807) is 23.4 Å². The predicted octanol–water partition coefficient (Wildman–Crippen LogP) is 3.16. The number of pyridine rings is 1. The maximum absolute atomic E-state index is 12.7. The minimum Gasteiger partial charge on any atom is -0.356 e. The molecule has 0 aromatic carbocycles. The molecule has 1 aliphatic heterocycles. The fraction of sp³-hybridized carbons (Fsp3) is 0.421. The van der Waals surface area contributed by atoms with Gasteiger partial charge in [0, 0.05) is 44.6 Å². The Kier molecular flexibility index (Phi) is 7.46. The van der Waals surface area contributed by atoms with Gasteiger partial charge in [-0.1, -0.05) is 29.4 Å². The largest absolute Gasteiger partial charge is 0.356 e. The summed E-state index contributed by atoms with van der Waals surface area (Å²) >= 11 is 7.42. The van der Waals surface area contributed by atoms with Crippen molar-refractivity contribution in [3.05, 3.63) is 41.3 Å². The molecule has 9 heteroatoms. The summed E-state index contributed by atoms with van der Waals surface area (Å²) in [7, 11) is 0. The van der Waals surface area contributed by atoms with Gasteiger partial charge in [-0.25, -0.2) is 9.97 Å². The van der Waals surface area contributed by atoms with Gasteiger partial charge in [-0.15, -0.1) is 0 Å². The number of thioether (sulfide) groups is 1. The van der Waals surface area contributed by atoms with Crippen molar-refractivity contribution >= 4 is 35.1 Å². The van der Waals surface area contributed by atoms with Crippen molar-refractivity contribution < 1.29 is 4.79 Å². The number of rotatable bonds is 8. The maximum atomic E-state index is 12.7. The second-order valence-corrected chi connectivity index (χ2v) is 7.73. The molecule has 1 aliphatic rings. The van der Waals surface area contributed by atoms with E-state index < -0.39 is 0 Å². The number of nitrogens with zero attached hydrogens (tertiary/aromatic N) is 6. The fourth-order valence-electron chi connectivity index (χ4n) is 2.96. The van der Waals surface area contributed by atoms with E-state index in [0.29, 0.717) is 23.4 Å². The number of anilines is 1. The summed E-state index contributed by atoms with van der Waals surface area (Å²) in [5.74, 6) is 0.922. The van der Waals surface area contributed by atoms with Crippen LogP contribution >= 0.6 is 23.4 Å². The average molecular weight is 417 g/mol. The van der Waals surface area contributed by atoms with Crippen LogP contribution in [0.1, 0.15) is 24.8 Å². The number of carbonyl (C=O) groups excluding carboxylic acids is 1. The molecule has 146 valence electrons. The first-order valence-electron chi connectivity index (χ1n) is 9.11. The van der Waals surface area contributed by atoms with Crippen LogP contribution < -0.4 is 4.90 Å². The number of aromatic nitrogens is 3. The molecule has 0 aliphatic carbocycles. The Bertz CT molecular complexity index is 838. The lowest BCUT2D eigenvalue weighted by atomic mass is 10.2. The van der Waals surface area contributed by atoms with E-state index in [4.69, 9.17) is 16.9 Å². The minimum atomic E-state index is -0.0737. The van der Waals surface area contributed by atoms with Crippen LogP contribution in [0.4, 0.5) is 5.82 Å². The van der Waals surface area contributed by atoms with Crippen LogP contribution in [0.5, 0.6) is 0 Å². The standard InChI is InChI=1S/C19H21ClN6OS/c20-16-11-17(25-8-1-2-9-25)24-19(23-16)28-14-18(27)26(10-4-6-21)13-15-5-3-7-22-12-15/h3,5,7,11-12H,1-2,4,8-10,13-14H2. The number of hydrogen-bond acceptors (Lipinski definition) is 7. The zero-order valence-corrected chi connectivity index (χ0v) is 17.0. The predicted molar refractivity (Wildman–Crippen MR) is 109 cm³/mol. The van der Waals surface area contributed by atoms with E-state index in [2.05, 4.69) is 25.9 Å². The number of carbonyl (C=O) groups is 1. The van der Waals surface area contributed by atoms with Crippen LogP contribution in [0.3, 0.4) is 0 Å². The van der Waals surface area contributed by atoms with E-state index >= 15 is 0 Å². The molecule has 0 N–H and O–H groups in total. The van der Waals surface area contributed by atoms with Crippen LogP contribution in [0, 0.1) is 11.3 Å². The lowest BCUT2D eigenvalue weighted by Crippen LogP contribution is -2.33. The first kappa shape index (κ1) is 20.4. The molecule has 0 atom stereocenters. The van der Waals surface area contributed by atoms with E-state index in [9.17, 15) is 4.79 Å². The zero-order chi connectivity index (χ0) is 19.8. The van der Waals surface area contributed by atoms with E-state index in [1.165, 1.54) is 11.8 Å². The third kappa shape index (κ3) is 5.81. The maximum Gasteiger partial charge on any atom is 0.233 e. The molecule has 1 saturated heterocycles. The SMILES string of the molecule is N#CCCN(Cc1cccnc1)C(=O)CSc1nc(Cl)cc(N2CCCC2)n1. The van der Waals surface area contributed by atoms with Gasteiger partial charge in [0.15, 0.2) is 5.16 Å². The summed E-state index contributed by atoms with van der Waals surface area (Å²) in [6, 6.07) is 7.60. The highest BCUT2D eigenvalue weighted by atomic mass is 35.5. The zero-order valence-electron chi connectivity index (χ0n) is 15.4. The Morgan fingerprint density at radius 3 is 2.89 bits per heavy atom. The van der Waals surface area contributed by atoms with Crippen molar-refractivity contribution in [2.24, 2.45) is 0 Å². The van der Waals surface area contributed by atoms with E-state index in [1.807, 2.05) is 12.1 Å². The van der Waals surface area contributed by atoms with Crippen LogP contribution in [-0.2, 0) is 11.3 Å². The van der Waals surface area contributed by atoms with Crippen LogP contribution in [-0.4, -0.2) is 51.1 Å². The van der Waals surface area contributed by atoms with Crippen molar-refractivity contribution in [2.75, 3.05) is 30.3 Å². The van der Waals surface area contributed by atoms with Crippen molar-refractivity contribution in [2.45, 2.75) is 31.0 Å². The molecule has 2 aromatic rings. The molecule has 3 heterocycles. The Morgan fingerprint density at radius 1 is 1.36 bits per heavy atom. The van der Waals surface area contributed by atoms with Gasteiger partial charge in [0.25, 0.3) is 0 Å². The number of nitriles is 1. The average Bonchev–Trinajstić information content (AvgIpc) is 3.24. The molecular formula is C19H21ClN6OS. The highest BCUT2D eigenvalue weighted by Crippen LogP contribution is 2.24. The van der Waals surface area contributed by atoms with Gasteiger partial charge in [0.1, 0.15) is 11.0 Å². The molecule has 3 rings (SSSR count). The Balaban J connectivity index is 1.64. The smallest absolute Gasteiger partial charge is 0.233 e. The number of amides is 1. The third-order valence-corrected chi connectivity index (χ3v) is 5.38. The Morgan fingerprint density at radius 2 is 2.18 bits per heavy atom. The quantitative estimate of drug-likeness (QED) is 0.371. The molecule has 28 heavy (non-hydrogen) atoms. The van der Waals surface area contributed by atoms with Gasteiger partial charge in [-0.05, 0) is 24.5 Å². The van der Waals surface area contributed by atoms with Gasteiger partial charge in [-0.3, -0.25) is 9.78 Å². The summed E-state index contributed by atoms with van der Waals surface area (Å²) in [6.07, 6.45) is 5.98. The second kappa shape index (κ2) is 10.2.